The second-order valence-electron chi connectivity index (χ2n) is 2.19. The highest BCUT2D eigenvalue weighted by Crippen LogP contribution is 2.35. The van der Waals surface area contributed by atoms with Gasteiger partial charge in [0.25, 0.3) is 0 Å². The molecule has 1 fully saturated rings. The molecule has 1 aliphatic rings. The molecule has 0 aromatic rings. The lowest BCUT2D eigenvalue weighted by molar-refractivity contribution is 0.536. The van der Waals surface area contributed by atoms with Gasteiger partial charge in [0.1, 0.15) is 15.9 Å². The number of hydrogen-bond acceptors (Lipinski definition) is 1. The molecular formula is C4H9NOS. The highest BCUT2D eigenvalue weighted by Gasteiger charge is 2.50. The summed E-state index contributed by atoms with van der Waals surface area (Å²) in [7, 11) is 1.17. The Hall–Kier alpha value is 0.110. The maximum Gasteiger partial charge on any atom is 0.117 e. The van der Waals surface area contributed by atoms with Crippen molar-refractivity contribution in [1.29, 1.82) is 0 Å². The standard InChI is InChI=1S/C4H9NOS/c1-4(2)5(3)7(4)6/h1-3H3. The van der Waals surface area contributed by atoms with Gasteiger partial charge in [0.2, 0.25) is 0 Å². The molecule has 3 heteroatoms. The summed E-state index contributed by atoms with van der Waals surface area (Å²) in [6, 6.07) is 0. The first kappa shape index (κ1) is 5.25. The van der Waals surface area contributed by atoms with Gasteiger partial charge in [0.15, 0.2) is 0 Å². The van der Waals surface area contributed by atoms with E-state index in [0.29, 0.717) is 0 Å². The Morgan fingerprint density at radius 1 is 1.57 bits per heavy atom. The van der Waals surface area contributed by atoms with E-state index in [0.717, 1.165) is 0 Å². The van der Waals surface area contributed by atoms with Gasteiger partial charge in [0.05, 0.1) is 0 Å². The van der Waals surface area contributed by atoms with Crippen LogP contribution in [-0.4, -0.2) is 20.4 Å². The van der Waals surface area contributed by atoms with Crippen molar-refractivity contribution in [1.82, 2.24) is 4.31 Å². The monoisotopic (exact) mass is 119 g/mol. The van der Waals surface area contributed by atoms with E-state index in [9.17, 15) is 4.21 Å². The summed E-state index contributed by atoms with van der Waals surface area (Å²) in [6.45, 7) is 3.92. The molecule has 0 aromatic heterocycles. The first-order valence-corrected chi connectivity index (χ1v) is 3.33. The Labute approximate surface area is 46.1 Å². The number of hydrogen-bond donors (Lipinski definition) is 0. The van der Waals surface area contributed by atoms with Gasteiger partial charge in [-0.05, 0) is 13.8 Å². The summed E-state index contributed by atoms with van der Waals surface area (Å²) in [6.07, 6.45) is 0. The van der Waals surface area contributed by atoms with Gasteiger partial charge in [-0.15, -0.1) is 0 Å². The molecule has 42 valence electrons. The van der Waals surface area contributed by atoms with Gasteiger partial charge in [-0.25, -0.2) is 8.51 Å². The minimum atomic E-state index is -0.683. The highest BCUT2D eigenvalue weighted by molar-refractivity contribution is 7.90. The van der Waals surface area contributed by atoms with E-state index in [2.05, 4.69) is 0 Å². The van der Waals surface area contributed by atoms with E-state index in [1.165, 1.54) is 0 Å². The van der Waals surface area contributed by atoms with Crippen molar-refractivity contribution in [3.63, 3.8) is 0 Å². The molecule has 1 rings (SSSR count). The van der Waals surface area contributed by atoms with Crippen LogP contribution >= 0.6 is 0 Å². The molecule has 0 spiro atoms. The Morgan fingerprint density at radius 3 is 1.71 bits per heavy atom. The van der Waals surface area contributed by atoms with Crippen LogP contribution in [0.5, 0.6) is 0 Å². The third kappa shape index (κ3) is 0.518. The summed E-state index contributed by atoms with van der Waals surface area (Å²) < 4.78 is 12.4. The van der Waals surface area contributed by atoms with Crippen LogP contribution in [-0.2, 0) is 11.0 Å². The molecule has 0 N–H and O–H groups in total. The van der Waals surface area contributed by atoms with E-state index in [4.69, 9.17) is 0 Å². The summed E-state index contributed by atoms with van der Waals surface area (Å²) in [5.74, 6) is 0. The smallest absolute Gasteiger partial charge is 0.117 e. The first-order valence-electron chi connectivity index (χ1n) is 2.22. The minimum absolute atomic E-state index is 0.0278. The van der Waals surface area contributed by atoms with Crippen molar-refractivity contribution >= 4 is 11.0 Å². The molecule has 0 aliphatic carbocycles. The number of rotatable bonds is 0. The van der Waals surface area contributed by atoms with Gasteiger partial charge >= 0.3 is 0 Å². The lowest BCUT2D eigenvalue weighted by atomic mass is 10.4. The Kier molecular flexibility index (Phi) is 0.816. The summed E-state index contributed by atoms with van der Waals surface area (Å²) >= 11 is 0. The fraction of sp³-hybridized carbons (Fsp3) is 1.00. The molecule has 0 radical (unpaired) electrons. The molecule has 0 aromatic carbocycles. The Bertz CT molecular complexity index is 121. The van der Waals surface area contributed by atoms with Crippen LogP contribution in [0, 0.1) is 0 Å². The van der Waals surface area contributed by atoms with Crippen molar-refractivity contribution in [3.8, 4) is 0 Å². The lowest BCUT2D eigenvalue weighted by Gasteiger charge is -1.87. The average Bonchev–Trinajstić information content (AvgIpc) is 1.91. The molecule has 1 aliphatic heterocycles. The van der Waals surface area contributed by atoms with Crippen molar-refractivity contribution in [2.45, 2.75) is 18.7 Å². The summed E-state index contributed by atoms with van der Waals surface area (Å²) in [5, 5.41) is 0. The zero-order chi connectivity index (χ0) is 5.65. The molecule has 2 unspecified atom stereocenters. The summed E-state index contributed by atoms with van der Waals surface area (Å²) in [5.41, 5.74) is 0. The van der Waals surface area contributed by atoms with Crippen molar-refractivity contribution in [2.24, 2.45) is 0 Å². The van der Waals surface area contributed by atoms with Gasteiger partial charge in [-0.3, -0.25) is 0 Å². The third-order valence-electron chi connectivity index (χ3n) is 1.40. The average molecular weight is 119 g/mol. The van der Waals surface area contributed by atoms with Crippen LogP contribution in [0.3, 0.4) is 0 Å². The maximum absolute atomic E-state index is 10.6. The maximum atomic E-state index is 10.6. The molecule has 0 bridgehead atoms. The van der Waals surface area contributed by atoms with Crippen LogP contribution in [0.15, 0.2) is 0 Å². The zero-order valence-electron chi connectivity index (χ0n) is 4.76. The van der Waals surface area contributed by atoms with E-state index >= 15 is 0 Å². The highest BCUT2D eigenvalue weighted by atomic mass is 32.2. The topological polar surface area (TPSA) is 20.1 Å². The molecule has 1 heterocycles. The summed E-state index contributed by atoms with van der Waals surface area (Å²) in [4.78, 5) is -0.0278. The molecule has 2 atom stereocenters. The van der Waals surface area contributed by atoms with E-state index in [1.807, 2.05) is 25.2 Å². The second kappa shape index (κ2) is 1.09. The Balaban J connectivity index is 2.70. The van der Waals surface area contributed by atoms with Gasteiger partial charge in [0, 0.05) is 7.05 Å². The SMILES string of the molecule is CN1S(=O)C1(C)C. The number of nitrogens with zero attached hydrogens (tertiary/aromatic N) is 1. The van der Waals surface area contributed by atoms with Crippen molar-refractivity contribution < 1.29 is 4.21 Å². The van der Waals surface area contributed by atoms with Crippen LogP contribution in [0.4, 0.5) is 0 Å². The fourth-order valence-corrected chi connectivity index (χ4v) is 1.42. The minimum Gasteiger partial charge on any atom is -0.241 e. The predicted octanol–water partition coefficient (Wildman–Crippen LogP) is 0.332. The largest absolute Gasteiger partial charge is 0.241 e. The van der Waals surface area contributed by atoms with E-state index < -0.39 is 11.0 Å². The molecule has 2 nitrogen and oxygen atoms in total. The molecule has 0 saturated carbocycles. The molecule has 7 heavy (non-hydrogen) atoms. The Morgan fingerprint density at radius 2 is 1.71 bits per heavy atom. The van der Waals surface area contributed by atoms with Crippen LogP contribution < -0.4 is 0 Å². The van der Waals surface area contributed by atoms with Crippen LogP contribution in [0.2, 0.25) is 0 Å². The van der Waals surface area contributed by atoms with Gasteiger partial charge in [-0.2, -0.15) is 0 Å². The quantitative estimate of drug-likeness (QED) is 0.421. The lowest BCUT2D eigenvalue weighted by Crippen LogP contribution is -2.02. The predicted molar refractivity (Wildman–Crippen MR) is 30.0 cm³/mol. The van der Waals surface area contributed by atoms with Gasteiger partial charge in [-0.1, -0.05) is 0 Å². The fourth-order valence-electron chi connectivity index (χ4n) is 0.442. The molecule has 0 amide bonds. The second-order valence-corrected chi connectivity index (χ2v) is 4.24. The van der Waals surface area contributed by atoms with Crippen molar-refractivity contribution in [2.75, 3.05) is 7.05 Å². The third-order valence-corrected chi connectivity index (χ3v) is 3.31. The molecule has 1 saturated heterocycles. The normalized spacial score (nSPS) is 46.1. The molecular weight excluding hydrogens is 110 g/mol. The van der Waals surface area contributed by atoms with Crippen LogP contribution in [0.25, 0.3) is 0 Å². The zero-order valence-corrected chi connectivity index (χ0v) is 5.58. The van der Waals surface area contributed by atoms with E-state index in [1.54, 1.807) is 0 Å². The van der Waals surface area contributed by atoms with Gasteiger partial charge < -0.3 is 0 Å². The van der Waals surface area contributed by atoms with Crippen LogP contribution in [0.1, 0.15) is 13.8 Å². The van der Waals surface area contributed by atoms with E-state index in [-0.39, 0.29) is 4.87 Å². The first-order chi connectivity index (χ1) is 3.07. The van der Waals surface area contributed by atoms with Crippen molar-refractivity contribution in [3.05, 3.63) is 0 Å².